The number of benzene rings is 2. The fourth-order valence-electron chi connectivity index (χ4n) is 3.94. The van der Waals surface area contributed by atoms with Crippen molar-refractivity contribution in [3.8, 4) is 0 Å². The largest absolute Gasteiger partial charge is 0.383 e. The van der Waals surface area contributed by atoms with E-state index >= 15 is 0 Å². The van der Waals surface area contributed by atoms with E-state index in [1.165, 1.54) is 12.1 Å². The van der Waals surface area contributed by atoms with Crippen LogP contribution in [0.4, 0.5) is 10.1 Å². The topological polar surface area (TPSA) is 48.2 Å². The normalized spacial score (nSPS) is 11.6. The second-order valence-electron chi connectivity index (χ2n) is 7.35. The number of para-hydroxylation sites is 1. The Hall–Kier alpha value is -3.12. The molecule has 29 heavy (non-hydrogen) atoms. The number of carbonyl (C=O) groups excluding carboxylic acids is 1. The van der Waals surface area contributed by atoms with Gasteiger partial charge in [0.2, 0.25) is 0 Å². The summed E-state index contributed by atoms with van der Waals surface area (Å²) in [4.78, 5) is 13.1. The Morgan fingerprint density at radius 2 is 1.90 bits per heavy atom. The Labute approximate surface area is 168 Å². The van der Waals surface area contributed by atoms with Crippen LogP contribution in [0.3, 0.4) is 0 Å². The number of rotatable bonds is 6. The van der Waals surface area contributed by atoms with Gasteiger partial charge in [-0.1, -0.05) is 24.3 Å². The number of fused-ring (bicyclic) bond motifs is 3. The van der Waals surface area contributed by atoms with Gasteiger partial charge in [-0.05, 0) is 44.2 Å². The molecule has 1 N–H and O–H groups in total. The molecule has 0 saturated heterocycles. The molecule has 0 saturated carbocycles. The molecule has 4 aromatic rings. The number of methoxy groups -OCH3 is 1. The van der Waals surface area contributed by atoms with E-state index in [4.69, 9.17) is 4.74 Å². The van der Waals surface area contributed by atoms with Gasteiger partial charge in [0, 0.05) is 30.8 Å². The summed E-state index contributed by atoms with van der Waals surface area (Å²) in [6.07, 6.45) is 0. The van der Waals surface area contributed by atoms with E-state index in [0.29, 0.717) is 24.5 Å². The number of nitrogens with zero attached hydrogens (tertiary/aromatic N) is 2. The molecule has 0 aliphatic heterocycles. The highest BCUT2D eigenvalue weighted by molar-refractivity contribution is 6.12. The lowest BCUT2D eigenvalue weighted by molar-refractivity contribution is 0.101. The average Bonchev–Trinajstić information content (AvgIpc) is 3.20. The van der Waals surface area contributed by atoms with Gasteiger partial charge < -0.3 is 19.2 Å². The number of aromatic nitrogens is 2. The van der Waals surface area contributed by atoms with Crippen LogP contribution in [0.25, 0.3) is 21.9 Å². The lowest BCUT2D eigenvalue weighted by atomic mass is 10.2. The number of amides is 1. The van der Waals surface area contributed by atoms with Gasteiger partial charge in [0.05, 0.1) is 23.2 Å². The second kappa shape index (κ2) is 7.72. The Balaban J connectivity index is 1.89. The standard InChI is InChI=1S/C23H24FN3O2/c1-15(2)27-19-10-5-4-9-18(19)22-20(27)14-21(26(22)11-12-29-3)23(28)25-17-8-6-7-16(24)13-17/h4-10,13-15H,11-12H2,1-3H3,(H,25,28). The molecular formula is C23H24FN3O2. The summed E-state index contributed by atoms with van der Waals surface area (Å²) in [5, 5.41) is 3.91. The third kappa shape index (κ3) is 3.40. The van der Waals surface area contributed by atoms with E-state index in [9.17, 15) is 9.18 Å². The number of ether oxygens (including phenoxy) is 1. The highest BCUT2D eigenvalue weighted by Crippen LogP contribution is 2.34. The van der Waals surface area contributed by atoms with E-state index in [-0.39, 0.29) is 17.8 Å². The van der Waals surface area contributed by atoms with Gasteiger partial charge in [0.15, 0.2) is 0 Å². The lowest BCUT2D eigenvalue weighted by Crippen LogP contribution is -2.18. The fraction of sp³-hybridized carbons (Fsp3) is 0.261. The number of hydrogen-bond donors (Lipinski definition) is 1. The molecule has 2 aromatic heterocycles. The van der Waals surface area contributed by atoms with Crippen LogP contribution in [-0.2, 0) is 11.3 Å². The highest BCUT2D eigenvalue weighted by atomic mass is 19.1. The molecular weight excluding hydrogens is 369 g/mol. The molecule has 0 spiro atoms. The van der Waals surface area contributed by atoms with Gasteiger partial charge in [-0.15, -0.1) is 0 Å². The first-order valence-corrected chi connectivity index (χ1v) is 9.69. The minimum atomic E-state index is -0.389. The molecule has 5 nitrogen and oxygen atoms in total. The lowest BCUT2D eigenvalue weighted by Gasteiger charge is -2.11. The maximum absolute atomic E-state index is 13.5. The van der Waals surface area contributed by atoms with Crippen molar-refractivity contribution in [3.63, 3.8) is 0 Å². The first-order chi connectivity index (χ1) is 14.0. The molecule has 150 valence electrons. The number of nitrogens with one attached hydrogen (secondary N) is 1. The summed E-state index contributed by atoms with van der Waals surface area (Å²) in [7, 11) is 1.64. The molecule has 2 heterocycles. The number of anilines is 1. The van der Waals surface area contributed by atoms with Crippen molar-refractivity contribution in [1.29, 1.82) is 0 Å². The maximum Gasteiger partial charge on any atom is 0.272 e. The molecule has 0 unspecified atom stereocenters. The van der Waals surface area contributed by atoms with E-state index in [2.05, 4.69) is 35.9 Å². The number of hydrogen-bond acceptors (Lipinski definition) is 2. The molecule has 0 radical (unpaired) electrons. The maximum atomic E-state index is 13.5. The van der Waals surface area contributed by atoms with Crippen LogP contribution in [0, 0.1) is 5.82 Å². The predicted molar refractivity (Wildman–Crippen MR) is 114 cm³/mol. The first-order valence-electron chi connectivity index (χ1n) is 9.69. The Morgan fingerprint density at radius 1 is 1.10 bits per heavy atom. The summed E-state index contributed by atoms with van der Waals surface area (Å²) in [5.41, 5.74) is 4.10. The molecule has 0 bridgehead atoms. The molecule has 0 aliphatic rings. The summed E-state index contributed by atoms with van der Waals surface area (Å²) >= 11 is 0. The van der Waals surface area contributed by atoms with Gasteiger partial charge in [0.25, 0.3) is 5.91 Å². The second-order valence-corrected chi connectivity index (χ2v) is 7.35. The van der Waals surface area contributed by atoms with Gasteiger partial charge in [-0.3, -0.25) is 4.79 Å². The smallest absolute Gasteiger partial charge is 0.272 e. The van der Waals surface area contributed by atoms with Crippen LogP contribution in [0.15, 0.2) is 54.6 Å². The van der Waals surface area contributed by atoms with Crippen molar-refractivity contribution in [3.05, 3.63) is 66.1 Å². The van der Waals surface area contributed by atoms with E-state index in [0.717, 1.165) is 21.9 Å². The van der Waals surface area contributed by atoms with E-state index in [1.54, 1.807) is 19.2 Å². The third-order valence-electron chi connectivity index (χ3n) is 5.11. The highest BCUT2D eigenvalue weighted by Gasteiger charge is 2.22. The van der Waals surface area contributed by atoms with E-state index < -0.39 is 0 Å². The molecule has 0 fully saturated rings. The van der Waals surface area contributed by atoms with Crippen molar-refractivity contribution in [1.82, 2.24) is 9.13 Å². The van der Waals surface area contributed by atoms with Gasteiger partial charge in [-0.25, -0.2) is 4.39 Å². The Kier molecular flexibility index (Phi) is 5.11. The molecule has 0 atom stereocenters. The van der Waals surface area contributed by atoms with Gasteiger partial charge >= 0.3 is 0 Å². The zero-order valence-corrected chi connectivity index (χ0v) is 16.8. The van der Waals surface area contributed by atoms with Crippen molar-refractivity contribution >= 4 is 33.5 Å². The average molecular weight is 393 g/mol. The van der Waals surface area contributed by atoms with Crippen LogP contribution in [-0.4, -0.2) is 28.8 Å². The van der Waals surface area contributed by atoms with Crippen LogP contribution >= 0.6 is 0 Å². The van der Waals surface area contributed by atoms with Gasteiger partial charge in [-0.2, -0.15) is 0 Å². The minimum Gasteiger partial charge on any atom is -0.383 e. The van der Waals surface area contributed by atoms with Crippen molar-refractivity contribution < 1.29 is 13.9 Å². The third-order valence-corrected chi connectivity index (χ3v) is 5.11. The monoisotopic (exact) mass is 393 g/mol. The van der Waals surface area contributed by atoms with Crippen molar-refractivity contribution in [2.75, 3.05) is 19.0 Å². The zero-order valence-electron chi connectivity index (χ0n) is 16.8. The molecule has 0 aliphatic carbocycles. The van der Waals surface area contributed by atoms with Crippen molar-refractivity contribution in [2.45, 2.75) is 26.4 Å². The van der Waals surface area contributed by atoms with Crippen molar-refractivity contribution in [2.24, 2.45) is 0 Å². The molecule has 6 heteroatoms. The summed E-state index contributed by atoms with van der Waals surface area (Å²) in [5.74, 6) is -0.665. The summed E-state index contributed by atoms with van der Waals surface area (Å²) < 4.78 is 23.1. The molecule has 1 amide bonds. The molecule has 2 aromatic carbocycles. The number of carbonyl (C=O) groups is 1. The zero-order chi connectivity index (χ0) is 20.5. The van der Waals surface area contributed by atoms with Crippen LogP contribution in [0.5, 0.6) is 0 Å². The van der Waals surface area contributed by atoms with E-state index in [1.807, 2.05) is 22.8 Å². The quantitative estimate of drug-likeness (QED) is 0.489. The van der Waals surface area contributed by atoms with Crippen LogP contribution < -0.4 is 5.32 Å². The SMILES string of the molecule is COCCn1c(C(=O)Nc2cccc(F)c2)cc2c1c1ccccc1n2C(C)C. The Bertz CT molecular complexity index is 1190. The first kappa shape index (κ1) is 19.2. The summed E-state index contributed by atoms with van der Waals surface area (Å²) in [6, 6.07) is 16.3. The van der Waals surface area contributed by atoms with Crippen LogP contribution in [0.1, 0.15) is 30.4 Å². The Morgan fingerprint density at radius 3 is 2.62 bits per heavy atom. The molecule has 4 rings (SSSR count). The number of halogens is 1. The summed E-state index contributed by atoms with van der Waals surface area (Å²) in [6.45, 7) is 5.28. The van der Waals surface area contributed by atoms with Crippen LogP contribution in [0.2, 0.25) is 0 Å². The minimum absolute atomic E-state index is 0.231. The van der Waals surface area contributed by atoms with Gasteiger partial charge in [0.1, 0.15) is 11.5 Å². The predicted octanol–water partition coefficient (Wildman–Crippen LogP) is 5.21. The fourth-order valence-corrected chi connectivity index (χ4v) is 3.94.